The van der Waals surface area contributed by atoms with Gasteiger partial charge < -0.3 is 0 Å². The standard InChI is InChI=1S/C58H38/c1-58(45-17-9-4-10-18-45)54-20-12-11-19-49(54)53-34-41-21-22-42(33-44(41)36-55(53)58)48-30-27-43(35-52(48)38-15-7-3-8-16-38)47-29-24-40-25-31-50-46(37-13-5-2-6-14-37)28-23-39-26-32-51(47)57(40)56(39)50/h2-36H,1H3. The Morgan fingerprint density at radius 2 is 0.793 bits per heavy atom. The van der Waals surface area contributed by atoms with Gasteiger partial charge in [-0.25, -0.2) is 0 Å². The summed E-state index contributed by atoms with van der Waals surface area (Å²) >= 11 is 0. The van der Waals surface area contributed by atoms with E-state index in [1.165, 1.54) is 115 Å². The molecule has 0 amide bonds. The molecule has 1 unspecified atom stereocenters. The monoisotopic (exact) mass is 734 g/mol. The van der Waals surface area contributed by atoms with Crippen molar-refractivity contribution in [1.29, 1.82) is 0 Å². The lowest BCUT2D eigenvalue weighted by molar-refractivity contribution is 0.715. The van der Waals surface area contributed by atoms with Gasteiger partial charge in [0.1, 0.15) is 0 Å². The van der Waals surface area contributed by atoms with Gasteiger partial charge in [-0.1, -0.05) is 188 Å². The molecular weight excluding hydrogens is 697 g/mol. The predicted molar refractivity (Wildman–Crippen MR) is 247 cm³/mol. The first-order chi connectivity index (χ1) is 28.6. The van der Waals surface area contributed by atoms with Gasteiger partial charge in [-0.2, -0.15) is 0 Å². The van der Waals surface area contributed by atoms with Crippen molar-refractivity contribution < 1.29 is 0 Å². The second kappa shape index (κ2) is 12.6. The summed E-state index contributed by atoms with van der Waals surface area (Å²) in [5.74, 6) is 0. The van der Waals surface area contributed by atoms with Crippen LogP contribution < -0.4 is 0 Å². The maximum Gasteiger partial charge on any atom is 0.0435 e. The van der Waals surface area contributed by atoms with Gasteiger partial charge in [-0.3, -0.25) is 0 Å². The van der Waals surface area contributed by atoms with Crippen LogP contribution in [0.25, 0.3) is 98.7 Å². The molecule has 0 aromatic heterocycles. The molecule has 12 rings (SSSR count). The van der Waals surface area contributed by atoms with E-state index in [0.717, 1.165) is 0 Å². The summed E-state index contributed by atoms with van der Waals surface area (Å²) < 4.78 is 0. The molecule has 0 N–H and O–H groups in total. The lowest BCUT2D eigenvalue weighted by Gasteiger charge is -2.28. The van der Waals surface area contributed by atoms with Gasteiger partial charge in [-0.05, 0) is 147 Å². The Kier molecular flexibility index (Phi) is 7.16. The molecule has 0 saturated heterocycles. The van der Waals surface area contributed by atoms with E-state index in [9.17, 15) is 0 Å². The quantitative estimate of drug-likeness (QED) is 0.154. The van der Waals surface area contributed by atoms with Crippen molar-refractivity contribution in [2.75, 3.05) is 0 Å². The van der Waals surface area contributed by atoms with Gasteiger partial charge in [0.2, 0.25) is 0 Å². The zero-order chi connectivity index (χ0) is 38.4. The van der Waals surface area contributed by atoms with Crippen LogP contribution in [-0.4, -0.2) is 0 Å². The Morgan fingerprint density at radius 1 is 0.276 bits per heavy atom. The van der Waals surface area contributed by atoms with E-state index in [2.05, 4.69) is 219 Å². The molecule has 0 spiro atoms. The van der Waals surface area contributed by atoms with E-state index in [0.29, 0.717) is 0 Å². The smallest absolute Gasteiger partial charge is 0.0435 e. The third kappa shape index (κ3) is 4.82. The normalized spacial score (nSPS) is 14.7. The Bertz CT molecular complexity index is 3380. The van der Waals surface area contributed by atoms with Crippen molar-refractivity contribution in [3.8, 4) is 55.6 Å². The zero-order valence-electron chi connectivity index (χ0n) is 32.2. The van der Waals surface area contributed by atoms with Crippen molar-refractivity contribution in [2.45, 2.75) is 12.3 Å². The summed E-state index contributed by atoms with van der Waals surface area (Å²) in [6, 6.07) is 79.1. The van der Waals surface area contributed by atoms with Crippen molar-refractivity contribution in [1.82, 2.24) is 0 Å². The molecule has 11 aromatic rings. The van der Waals surface area contributed by atoms with Gasteiger partial charge in [0.15, 0.2) is 0 Å². The van der Waals surface area contributed by atoms with Gasteiger partial charge in [0.25, 0.3) is 0 Å². The molecule has 0 heterocycles. The number of fused-ring (bicyclic) bond motifs is 4. The molecule has 1 atom stereocenters. The van der Waals surface area contributed by atoms with E-state index >= 15 is 0 Å². The second-order valence-electron chi connectivity index (χ2n) is 16.1. The van der Waals surface area contributed by atoms with Crippen LogP contribution in [0.5, 0.6) is 0 Å². The third-order valence-corrected chi connectivity index (χ3v) is 13.1. The maximum absolute atomic E-state index is 2.46. The van der Waals surface area contributed by atoms with Crippen LogP contribution in [0.1, 0.15) is 23.6 Å². The lowest BCUT2D eigenvalue weighted by atomic mass is 9.74. The fraction of sp³-hybridized carbons (Fsp3) is 0.0345. The first-order valence-electron chi connectivity index (χ1n) is 20.3. The number of hydrogen-bond acceptors (Lipinski definition) is 0. The first kappa shape index (κ1) is 32.9. The highest BCUT2D eigenvalue weighted by Gasteiger charge is 2.40. The summed E-state index contributed by atoms with van der Waals surface area (Å²) in [6.07, 6.45) is 0. The fourth-order valence-electron chi connectivity index (χ4n) is 10.2. The average Bonchev–Trinajstić information content (AvgIpc) is 3.55. The zero-order valence-corrected chi connectivity index (χ0v) is 32.2. The Labute approximate surface area is 338 Å². The minimum absolute atomic E-state index is 0.238. The molecular formula is C58H38. The number of rotatable bonds is 5. The molecule has 1 aliphatic carbocycles. The number of benzene rings is 11. The Hall–Kier alpha value is -7.28. The van der Waals surface area contributed by atoms with E-state index < -0.39 is 0 Å². The minimum atomic E-state index is -0.238. The largest absolute Gasteiger partial charge is 0.0622 e. The summed E-state index contributed by atoms with van der Waals surface area (Å²) in [7, 11) is 0. The van der Waals surface area contributed by atoms with Gasteiger partial charge in [0, 0.05) is 5.41 Å². The van der Waals surface area contributed by atoms with Crippen molar-refractivity contribution in [3.63, 3.8) is 0 Å². The molecule has 270 valence electrons. The van der Waals surface area contributed by atoms with Crippen LogP contribution in [0.3, 0.4) is 0 Å². The maximum atomic E-state index is 2.46. The summed E-state index contributed by atoms with van der Waals surface area (Å²) in [5.41, 5.74) is 16.4. The van der Waals surface area contributed by atoms with Crippen LogP contribution in [-0.2, 0) is 5.41 Å². The van der Waals surface area contributed by atoms with Crippen LogP contribution in [0.2, 0.25) is 0 Å². The Balaban J connectivity index is 1.03. The molecule has 0 saturated carbocycles. The molecule has 11 aromatic carbocycles. The highest BCUT2D eigenvalue weighted by Crippen LogP contribution is 2.53. The topological polar surface area (TPSA) is 0 Å². The van der Waals surface area contributed by atoms with E-state index in [1.807, 2.05) is 0 Å². The highest BCUT2D eigenvalue weighted by molar-refractivity contribution is 6.27. The van der Waals surface area contributed by atoms with Gasteiger partial charge >= 0.3 is 0 Å². The minimum Gasteiger partial charge on any atom is -0.0622 e. The van der Waals surface area contributed by atoms with E-state index in [-0.39, 0.29) is 5.41 Å². The molecule has 0 nitrogen and oxygen atoms in total. The third-order valence-electron chi connectivity index (χ3n) is 13.1. The van der Waals surface area contributed by atoms with Crippen LogP contribution in [0.4, 0.5) is 0 Å². The van der Waals surface area contributed by atoms with Crippen LogP contribution >= 0.6 is 0 Å². The van der Waals surface area contributed by atoms with Crippen molar-refractivity contribution in [2.24, 2.45) is 0 Å². The molecule has 0 heteroatoms. The van der Waals surface area contributed by atoms with E-state index in [4.69, 9.17) is 0 Å². The highest BCUT2D eigenvalue weighted by atomic mass is 14.4. The molecule has 0 fully saturated rings. The summed E-state index contributed by atoms with van der Waals surface area (Å²) in [6.45, 7) is 2.40. The molecule has 0 radical (unpaired) electrons. The van der Waals surface area contributed by atoms with Gasteiger partial charge in [-0.15, -0.1) is 0 Å². The summed E-state index contributed by atoms with van der Waals surface area (Å²) in [5, 5.41) is 10.3. The fourth-order valence-corrected chi connectivity index (χ4v) is 10.2. The average molecular weight is 735 g/mol. The predicted octanol–water partition coefficient (Wildman–Crippen LogP) is 15.7. The Morgan fingerprint density at radius 3 is 1.48 bits per heavy atom. The molecule has 58 heavy (non-hydrogen) atoms. The molecule has 1 aliphatic rings. The number of hydrogen-bond donors (Lipinski definition) is 0. The SMILES string of the molecule is CC1(c2ccccc2)c2ccccc2-c2cc3ccc(-c4ccc(-c5ccc6ccc7c(-c8ccccc8)ccc8ccc5c6c87)cc4-c4ccccc4)cc3cc21. The van der Waals surface area contributed by atoms with Crippen molar-refractivity contribution >= 4 is 43.1 Å². The van der Waals surface area contributed by atoms with Crippen LogP contribution in [0, 0.1) is 0 Å². The van der Waals surface area contributed by atoms with Crippen LogP contribution in [0.15, 0.2) is 212 Å². The van der Waals surface area contributed by atoms with Crippen molar-refractivity contribution in [3.05, 3.63) is 229 Å². The van der Waals surface area contributed by atoms with Gasteiger partial charge in [0.05, 0.1) is 0 Å². The molecule has 0 aliphatic heterocycles. The second-order valence-corrected chi connectivity index (χ2v) is 16.1. The molecule has 0 bridgehead atoms. The van der Waals surface area contributed by atoms with E-state index in [1.54, 1.807) is 0 Å². The lowest BCUT2D eigenvalue weighted by Crippen LogP contribution is -2.22. The first-order valence-corrected chi connectivity index (χ1v) is 20.3. The summed E-state index contributed by atoms with van der Waals surface area (Å²) in [4.78, 5) is 0.